The van der Waals surface area contributed by atoms with Crippen LogP contribution in [0, 0.1) is 0 Å². The third-order valence-corrected chi connectivity index (χ3v) is 3.07. The van der Waals surface area contributed by atoms with Gasteiger partial charge in [0, 0.05) is 25.2 Å². The van der Waals surface area contributed by atoms with Crippen molar-refractivity contribution in [1.29, 1.82) is 0 Å². The van der Waals surface area contributed by atoms with Gasteiger partial charge in [0.25, 0.3) is 5.91 Å². The molecule has 0 saturated heterocycles. The van der Waals surface area contributed by atoms with E-state index in [2.05, 4.69) is 11.9 Å². The molecular formula is C15H18N2O. The molecule has 0 bridgehead atoms. The fourth-order valence-electron chi connectivity index (χ4n) is 1.97. The molecule has 2 rings (SSSR count). The smallest absolute Gasteiger partial charge is 0.272 e. The number of nitrogens with zero attached hydrogens (tertiary/aromatic N) is 2. The zero-order valence-electron chi connectivity index (χ0n) is 10.9. The predicted molar refractivity (Wildman–Crippen MR) is 73.6 cm³/mol. The lowest BCUT2D eigenvalue weighted by Crippen LogP contribution is -2.28. The Morgan fingerprint density at radius 2 is 2.06 bits per heavy atom. The molecule has 0 atom stereocenters. The van der Waals surface area contributed by atoms with Crippen molar-refractivity contribution in [2.24, 2.45) is 0 Å². The Morgan fingerprint density at radius 1 is 1.28 bits per heavy atom. The number of hydrogen-bond acceptors (Lipinski definition) is 2. The van der Waals surface area contributed by atoms with Crippen LogP contribution in [0.15, 0.2) is 36.5 Å². The van der Waals surface area contributed by atoms with Gasteiger partial charge in [-0.15, -0.1) is 0 Å². The minimum absolute atomic E-state index is 0.000231. The Bertz CT molecular complexity index is 546. The van der Waals surface area contributed by atoms with Crippen molar-refractivity contribution in [1.82, 2.24) is 9.88 Å². The third-order valence-electron chi connectivity index (χ3n) is 3.07. The Balaban J connectivity index is 2.33. The molecule has 0 unspecified atom stereocenters. The van der Waals surface area contributed by atoms with Gasteiger partial charge < -0.3 is 4.90 Å². The van der Waals surface area contributed by atoms with Crippen LogP contribution in [0.2, 0.25) is 0 Å². The van der Waals surface area contributed by atoms with Crippen molar-refractivity contribution in [3.63, 3.8) is 0 Å². The molecule has 3 nitrogen and oxygen atoms in total. The molecule has 2 aromatic rings. The average molecular weight is 242 g/mol. The van der Waals surface area contributed by atoms with Crippen LogP contribution in [0.25, 0.3) is 10.8 Å². The van der Waals surface area contributed by atoms with Gasteiger partial charge in [0.15, 0.2) is 0 Å². The molecule has 0 aliphatic heterocycles. The SMILES string of the molecule is CCCCN(C)C(=O)c1nccc2ccccc12. The first kappa shape index (κ1) is 12.6. The van der Waals surface area contributed by atoms with Crippen LogP contribution in [0.1, 0.15) is 30.3 Å². The molecule has 0 saturated carbocycles. The van der Waals surface area contributed by atoms with Gasteiger partial charge in [-0.25, -0.2) is 0 Å². The highest BCUT2D eigenvalue weighted by atomic mass is 16.2. The molecule has 0 N–H and O–H groups in total. The standard InChI is InChI=1S/C15H18N2O/c1-3-4-11-17(2)15(18)14-13-8-6-5-7-12(13)9-10-16-14/h5-10H,3-4,11H2,1-2H3. The largest absolute Gasteiger partial charge is 0.340 e. The minimum atomic E-state index is 0.000231. The van der Waals surface area contributed by atoms with E-state index < -0.39 is 0 Å². The van der Waals surface area contributed by atoms with E-state index in [1.54, 1.807) is 11.1 Å². The van der Waals surface area contributed by atoms with Crippen LogP contribution >= 0.6 is 0 Å². The zero-order valence-corrected chi connectivity index (χ0v) is 10.9. The minimum Gasteiger partial charge on any atom is -0.340 e. The molecule has 1 heterocycles. The van der Waals surface area contributed by atoms with E-state index in [9.17, 15) is 4.79 Å². The summed E-state index contributed by atoms with van der Waals surface area (Å²) >= 11 is 0. The van der Waals surface area contributed by atoms with Crippen molar-refractivity contribution < 1.29 is 4.79 Å². The van der Waals surface area contributed by atoms with Crippen LogP contribution in [-0.2, 0) is 0 Å². The fourth-order valence-corrected chi connectivity index (χ4v) is 1.97. The lowest BCUT2D eigenvalue weighted by Gasteiger charge is -2.17. The first-order valence-electron chi connectivity index (χ1n) is 6.33. The summed E-state index contributed by atoms with van der Waals surface area (Å²) < 4.78 is 0. The van der Waals surface area contributed by atoms with E-state index in [4.69, 9.17) is 0 Å². The molecule has 18 heavy (non-hydrogen) atoms. The van der Waals surface area contributed by atoms with Crippen molar-refractivity contribution in [3.8, 4) is 0 Å². The van der Waals surface area contributed by atoms with E-state index in [1.165, 1.54) is 0 Å². The molecule has 94 valence electrons. The summed E-state index contributed by atoms with van der Waals surface area (Å²) in [6, 6.07) is 9.78. The first-order valence-corrected chi connectivity index (χ1v) is 6.33. The number of carbonyl (C=O) groups is 1. The summed E-state index contributed by atoms with van der Waals surface area (Å²) in [5.41, 5.74) is 0.548. The van der Waals surface area contributed by atoms with Crippen molar-refractivity contribution in [3.05, 3.63) is 42.2 Å². The number of hydrogen-bond donors (Lipinski definition) is 0. The number of rotatable bonds is 4. The molecule has 3 heteroatoms. The van der Waals surface area contributed by atoms with Gasteiger partial charge in [-0.1, -0.05) is 37.6 Å². The number of fused-ring (bicyclic) bond motifs is 1. The highest BCUT2D eigenvalue weighted by Crippen LogP contribution is 2.17. The highest BCUT2D eigenvalue weighted by molar-refractivity contribution is 6.04. The highest BCUT2D eigenvalue weighted by Gasteiger charge is 2.15. The zero-order chi connectivity index (χ0) is 13.0. The van der Waals surface area contributed by atoms with E-state index in [-0.39, 0.29) is 5.91 Å². The van der Waals surface area contributed by atoms with Crippen LogP contribution in [0.5, 0.6) is 0 Å². The molecule has 0 fully saturated rings. The van der Waals surface area contributed by atoms with Crippen LogP contribution in [0.4, 0.5) is 0 Å². The molecule has 0 radical (unpaired) electrons. The maximum absolute atomic E-state index is 12.3. The first-order chi connectivity index (χ1) is 8.74. The summed E-state index contributed by atoms with van der Waals surface area (Å²) in [5.74, 6) is 0.000231. The maximum atomic E-state index is 12.3. The van der Waals surface area contributed by atoms with Gasteiger partial charge in [-0.3, -0.25) is 9.78 Å². The van der Waals surface area contributed by atoms with Gasteiger partial charge in [-0.05, 0) is 17.9 Å². The summed E-state index contributed by atoms with van der Waals surface area (Å²) in [6.45, 7) is 2.90. The Kier molecular flexibility index (Phi) is 3.92. The molecule has 1 aromatic heterocycles. The average Bonchev–Trinajstić information content (AvgIpc) is 2.43. The number of pyridine rings is 1. The van der Waals surface area contributed by atoms with Crippen molar-refractivity contribution in [2.75, 3.05) is 13.6 Å². The van der Waals surface area contributed by atoms with Crippen LogP contribution in [-0.4, -0.2) is 29.4 Å². The van der Waals surface area contributed by atoms with E-state index in [0.717, 1.165) is 30.2 Å². The Labute approximate surface area is 107 Å². The predicted octanol–water partition coefficient (Wildman–Crippen LogP) is 3.11. The number of unbranched alkanes of at least 4 members (excludes halogenated alkanes) is 1. The second-order valence-corrected chi connectivity index (χ2v) is 4.46. The lowest BCUT2D eigenvalue weighted by atomic mass is 10.1. The molecule has 0 spiro atoms. The topological polar surface area (TPSA) is 33.2 Å². The van der Waals surface area contributed by atoms with E-state index in [0.29, 0.717) is 5.69 Å². The van der Waals surface area contributed by atoms with Gasteiger partial charge in [0.05, 0.1) is 0 Å². The summed E-state index contributed by atoms with van der Waals surface area (Å²) in [6.07, 6.45) is 3.80. The molecule has 0 aliphatic carbocycles. The summed E-state index contributed by atoms with van der Waals surface area (Å²) in [5, 5.41) is 1.98. The molecular weight excluding hydrogens is 224 g/mol. The van der Waals surface area contributed by atoms with Gasteiger partial charge in [0.1, 0.15) is 5.69 Å². The van der Waals surface area contributed by atoms with Crippen molar-refractivity contribution >= 4 is 16.7 Å². The number of carbonyl (C=O) groups excluding carboxylic acids is 1. The summed E-state index contributed by atoms with van der Waals surface area (Å²) in [4.78, 5) is 18.3. The van der Waals surface area contributed by atoms with E-state index >= 15 is 0 Å². The molecule has 0 aliphatic rings. The van der Waals surface area contributed by atoms with Crippen molar-refractivity contribution in [2.45, 2.75) is 19.8 Å². The fraction of sp³-hybridized carbons (Fsp3) is 0.333. The quantitative estimate of drug-likeness (QED) is 0.825. The summed E-state index contributed by atoms with van der Waals surface area (Å²) in [7, 11) is 1.83. The second-order valence-electron chi connectivity index (χ2n) is 4.46. The second kappa shape index (κ2) is 5.63. The normalized spacial score (nSPS) is 10.6. The maximum Gasteiger partial charge on any atom is 0.272 e. The van der Waals surface area contributed by atoms with Crippen LogP contribution in [0.3, 0.4) is 0 Å². The Hall–Kier alpha value is -1.90. The van der Waals surface area contributed by atoms with Gasteiger partial charge in [0.2, 0.25) is 0 Å². The molecule has 1 aromatic carbocycles. The van der Waals surface area contributed by atoms with E-state index in [1.807, 2.05) is 37.4 Å². The third kappa shape index (κ3) is 2.50. The number of benzene rings is 1. The van der Waals surface area contributed by atoms with Gasteiger partial charge in [-0.2, -0.15) is 0 Å². The number of amides is 1. The van der Waals surface area contributed by atoms with Gasteiger partial charge >= 0.3 is 0 Å². The monoisotopic (exact) mass is 242 g/mol. The van der Waals surface area contributed by atoms with Crippen LogP contribution < -0.4 is 0 Å². The lowest BCUT2D eigenvalue weighted by molar-refractivity contribution is 0.0789. The molecule has 1 amide bonds. The Morgan fingerprint density at radius 3 is 2.83 bits per heavy atom. The number of aromatic nitrogens is 1.